The maximum atomic E-state index is 12.4. The minimum absolute atomic E-state index is 0.0130. The van der Waals surface area contributed by atoms with Crippen molar-refractivity contribution in [3.63, 3.8) is 0 Å². The topological polar surface area (TPSA) is 205 Å². The van der Waals surface area contributed by atoms with Gasteiger partial charge in [0.05, 0.1) is 18.4 Å². The van der Waals surface area contributed by atoms with E-state index in [1.54, 1.807) is 19.1 Å². The predicted octanol–water partition coefficient (Wildman–Crippen LogP) is 0.00670. The molecule has 2 heterocycles. The summed E-state index contributed by atoms with van der Waals surface area (Å²) < 4.78 is 0. The molecule has 7 N–H and O–H groups in total. The third kappa shape index (κ3) is 6.25. The second-order valence-corrected chi connectivity index (χ2v) is 7.27. The SMILES string of the molecule is CCNC(=O)CCC(NC(=O)c1ccc(NCc2cnc3nc(N)[nH]c(=O)c3n2)cc1)C(=O)O. The molecule has 13 nitrogen and oxygen atoms in total. The van der Waals surface area contributed by atoms with E-state index in [0.717, 1.165) is 0 Å². The van der Waals surface area contributed by atoms with Gasteiger partial charge in [0.25, 0.3) is 11.5 Å². The van der Waals surface area contributed by atoms with Crippen molar-refractivity contribution in [3.05, 3.63) is 52.1 Å². The van der Waals surface area contributed by atoms with Gasteiger partial charge >= 0.3 is 5.97 Å². The van der Waals surface area contributed by atoms with E-state index in [0.29, 0.717) is 17.9 Å². The van der Waals surface area contributed by atoms with Crippen LogP contribution >= 0.6 is 0 Å². The number of carboxylic acids is 1. The summed E-state index contributed by atoms with van der Waals surface area (Å²) in [6.07, 6.45) is 1.43. The third-order valence-corrected chi connectivity index (χ3v) is 4.74. The third-order valence-electron chi connectivity index (χ3n) is 4.74. The van der Waals surface area contributed by atoms with Crippen LogP contribution in [0.4, 0.5) is 11.6 Å². The number of carbonyl (C=O) groups excluding carboxylic acids is 2. The second-order valence-electron chi connectivity index (χ2n) is 7.27. The van der Waals surface area contributed by atoms with Crippen molar-refractivity contribution in [2.24, 2.45) is 0 Å². The van der Waals surface area contributed by atoms with Gasteiger partial charge < -0.3 is 26.8 Å². The Hall–Kier alpha value is -4.55. The number of amides is 2. The number of fused-ring (bicyclic) bond motifs is 1. The molecule has 3 rings (SSSR count). The van der Waals surface area contributed by atoms with Crippen LogP contribution in [-0.4, -0.2) is 55.4 Å². The lowest BCUT2D eigenvalue weighted by Crippen LogP contribution is -2.41. The molecule has 34 heavy (non-hydrogen) atoms. The van der Waals surface area contributed by atoms with Gasteiger partial charge in [-0.25, -0.2) is 14.8 Å². The molecule has 2 amide bonds. The molecule has 0 aliphatic heterocycles. The van der Waals surface area contributed by atoms with Gasteiger partial charge in [-0.15, -0.1) is 0 Å². The number of nitrogen functional groups attached to an aromatic ring is 1. The van der Waals surface area contributed by atoms with Crippen LogP contribution < -0.4 is 27.2 Å². The Bertz CT molecular complexity index is 1260. The first-order chi connectivity index (χ1) is 16.3. The number of benzene rings is 1. The Kier molecular flexibility index (Phi) is 7.69. The van der Waals surface area contributed by atoms with Crippen LogP contribution in [0.25, 0.3) is 11.2 Å². The molecule has 0 radical (unpaired) electrons. The van der Waals surface area contributed by atoms with Gasteiger partial charge in [0.15, 0.2) is 11.2 Å². The molecule has 1 aromatic carbocycles. The van der Waals surface area contributed by atoms with Gasteiger partial charge in [0, 0.05) is 24.2 Å². The highest BCUT2D eigenvalue weighted by Crippen LogP contribution is 2.12. The fourth-order valence-electron chi connectivity index (χ4n) is 3.05. The number of carboxylic acid groups (broad SMARTS) is 1. The fraction of sp³-hybridized carbons (Fsp3) is 0.286. The summed E-state index contributed by atoms with van der Waals surface area (Å²) in [5.41, 5.74) is 6.63. The van der Waals surface area contributed by atoms with Crippen LogP contribution in [0.15, 0.2) is 35.3 Å². The van der Waals surface area contributed by atoms with E-state index in [9.17, 15) is 24.3 Å². The number of carbonyl (C=O) groups is 3. The number of nitrogens with zero attached hydrogens (tertiary/aromatic N) is 3. The molecule has 1 unspecified atom stereocenters. The largest absolute Gasteiger partial charge is 0.480 e. The molecule has 0 fully saturated rings. The molecular formula is C21H24N8O5. The molecule has 1 atom stereocenters. The van der Waals surface area contributed by atoms with E-state index in [4.69, 9.17) is 5.73 Å². The van der Waals surface area contributed by atoms with E-state index in [1.165, 1.54) is 18.3 Å². The highest BCUT2D eigenvalue weighted by Gasteiger charge is 2.21. The fourth-order valence-corrected chi connectivity index (χ4v) is 3.05. The summed E-state index contributed by atoms with van der Waals surface area (Å²) in [5, 5.41) is 17.4. The number of nitrogens with one attached hydrogen (secondary N) is 4. The van der Waals surface area contributed by atoms with Crippen molar-refractivity contribution in [2.75, 3.05) is 17.6 Å². The molecule has 0 aliphatic rings. The Morgan fingerprint density at radius 2 is 1.91 bits per heavy atom. The van der Waals surface area contributed by atoms with E-state index in [2.05, 4.69) is 35.9 Å². The number of aliphatic carboxylic acids is 1. The Morgan fingerprint density at radius 1 is 1.18 bits per heavy atom. The van der Waals surface area contributed by atoms with Gasteiger partial charge in [-0.2, -0.15) is 4.98 Å². The first kappa shape index (κ1) is 24.1. The normalized spacial score (nSPS) is 11.6. The van der Waals surface area contributed by atoms with Crippen LogP contribution in [0.3, 0.4) is 0 Å². The van der Waals surface area contributed by atoms with Gasteiger partial charge in [-0.1, -0.05) is 0 Å². The Balaban J connectivity index is 1.59. The predicted molar refractivity (Wildman–Crippen MR) is 123 cm³/mol. The maximum absolute atomic E-state index is 12.4. The number of rotatable bonds is 10. The summed E-state index contributed by atoms with van der Waals surface area (Å²) >= 11 is 0. The van der Waals surface area contributed by atoms with E-state index < -0.39 is 23.5 Å². The first-order valence-electron chi connectivity index (χ1n) is 10.4. The van der Waals surface area contributed by atoms with Crippen LogP contribution in [-0.2, 0) is 16.1 Å². The molecule has 2 aromatic heterocycles. The summed E-state index contributed by atoms with van der Waals surface area (Å²) in [5.74, 6) is -2.11. The van der Waals surface area contributed by atoms with Gasteiger partial charge in [-0.05, 0) is 37.6 Å². The van der Waals surface area contributed by atoms with E-state index in [1.807, 2.05) is 0 Å². The zero-order valence-electron chi connectivity index (χ0n) is 18.3. The van der Waals surface area contributed by atoms with Gasteiger partial charge in [0.2, 0.25) is 11.9 Å². The summed E-state index contributed by atoms with van der Waals surface area (Å²) in [7, 11) is 0. The zero-order valence-corrected chi connectivity index (χ0v) is 18.3. The lowest BCUT2D eigenvalue weighted by atomic mass is 10.1. The molecule has 0 spiro atoms. The smallest absolute Gasteiger partial charge is 0.326 e. The van der Waals surface area contributed by atoms with Crippen LogP contribution in [0.5, 0.6) is 0 Å². The standard InChI is InChI=1S/C21H24N8O5/c1-2-23-15(30)8-7-14(20(33)34)27-18(31)11-3-5-12(6-4-11)24-9-13-10-25-17-16(26-13)19(32)29-21(22)28-17/h3-6,10,14,24H,2,7-9H2,1H3,(H,23,30)(H,27,31)(H,33,34)(H3,22,25,28,29,32). The Labute approximate surface area is 193 Å². The average Bonchev–Trinajstić information content (AvgIpc) is 2.80. The summed E-state index contributed by atoms with van der Waals surface area (Å²) in [6, 6.07) is 5.16. The average molecular weight is 468 g/mol. The lowest BCUT2D eigenvalue weighted by Gasteiger charge is -2.14. The van der Waals surface area contributed by atoms with Gasteiger partial charge in [-0.3, -0.25) is 19.4 Å². The summed E-state index contributed by atoms with van der Waals surface area (Å²) in [4.78, 5) is 62.0. The van der Waals surface area contributed by atoms with Crippen molar-refractivity contribution >= 4 is 40.6 Å². The molecule has 13 heteroatoms. The second kappa shape index (κ2) is 10.8. The van der Waals surface area contributed by atoms with Gasteiger partial charge in [0.1, 0.15) is 6.04 Å². The number of H-pyrrole nitrogens is 1. The van der Waals surface area contributed by atoms with Crippen LogP contribution in [0.2, 0.25) is 0 Å². The first-order valence-corrected chi connectivity index (χ1v) is 10.4. The molecule has 0 aliphatic carbocycles. The van der Waals surface area contributed by atoms with Crippen molar-refractivity contribution < 1.29 is 19.5 Å². The van der Waals surface area contributed by atoms with Crippen molar-refractivity contribution in [2.45, 2.75) is 32.4 Å². The highest BCUT2D eigenvalue weighted by atomic mass is 16.4. The highest BCUT2D eigenvalue weighted by molar-refractivity contribution is 5.97. The number of anilines is 2. The van der Waals surface area contributed by atoms with E-state index in [-0.39, 0.29) is 48.0 Å². The van der Waals surface area contributed by atoms with Crippen LogP contribution in [0, 0.1) is 0 Å². The number of aromatic nitrogens is 4. The Morgan fingerprint density at radius 3 is 2.59 bits per heavy atom. The molecule has 0 saturated carbocycles. The molecule has 0 saturated heterocycles. The number of nitrogens with two attached hydrogens (primary N) is 1. The monoisotopic (exact) mass is 468 g/mol. The quantitative estimate of drug-likeness (QED) is 0.235. The minimum Gasteiger partial charge on any atom is -0.480 e. The van der Waals surface area contributed by atoms with Crippen molar-refractivity contribution in [3.8, 4) is 0 Å². The molecule has 3 aromatic rings. The summed E-state index contributed by atoms with van der Waals surface area (Å²) in [6.45, 7) is 2.46. The number of aromatic amines is 1. The molecular weight excluding hydrogens is 444 g/mol. The molecule has 178 valence electrons. The minimum atomic E-state index is -1.22. The molecule has 0 bridgehead atoms. The van der Waals surface area contributed by atoms with Crippen LogP contribution in [0.1, 0.15) is 35.8 Å². The van der Waals surface area contributed by atoms with E-state index >= 15 is 0 Å². The lowest BCUT2D eigenvalue weighted by molar-refractivity contribution is -0.139. The zero-order chi connectivity index (χ0) is 24.7. The number of hydrogen-bond acceptors (Lipinski definition) is 9. The van der Waals surface area contributed by atoms with Crippen molar-refractivity contribution in [1.29, 1.82) is 0 Å². The number of hydrogen-bond donors (Lipinski definition) is 6. The van der Waals surface area contributed by atoms with Crippen molar-refractivity contribution in [1.82, 2.24) is 30.6 Å². The maximum Gasteiger partial charge on any atom is 0.326 e.